The maximum Gasteiger partial charge on any atom is 0.303 e. The van der Waals surface area contributed by atoms with Gasteiger partial charge in [-0.1, -0.05) is 151 Å². The van der Waals surface area contributed by atoms with E-state index >= 15 is 0 Å². The predicted octanol–water partition coefficient (Wildman–Crippen LogP) is 13.1. The SMILES string of the molecule is O=C(O)CCCCCCCC=CCC=CCCCCCCCCCCCCCCC=CCC=CCCCCCCCC(=O)O. The number of carboxylic acid groups (broad SMARTS) is 2. The molecule has 0 aliphatic carbocycles. The monoisotopic (exact) mass is 615 g/mol. The molecule has 0 aromatic heterocycles. The largest absolute Gasteiger partial charge is 0.481 e. The van der Waals surface area contributed by atoms with E-state index in [2.05, 4.69) is 48.6 Å². The number of hydrogen-bond donors (Lipinski definition) is 2. The summed E-state index contributed by atoms with van der Waals surface area (Å²) in [6, 6.07) is 0. The minimum absolute atomic E-state index is 0.317. The molecule has 0 saturated heterocycles. The molecule has 0 unspecified atom stereocenters. The van der Waals surface area contributed by atoms with Crippen molar-refractivity contribution in [2.24, 2.45) is 0 Å². The van der Waals surface area contributed by atoms with Crippen molar-refractivity contribution in [1.82, 2.24) is 0 Å². The highest BCUT2D eigenvalue weighted by Crippen LogP contribution is 2.14. The third-order valence-corrected chi connectivity index (χ3v) is 8.23. The van der Waals surface area contributed by atoms with Gasteiger partial charge in [-0.25, -0.2) is 0 Å². The Balaban J connectivity index is 3.23. The van der Waals surface area contributed by atoms with Crippen molar-refractivity contribution in [3.8, 4) is 0 Å². The van der Waals surface area contributed by atoms with Crippen molar-refractivity contribution in [3.05, 3.63) is 48.6 Å². The van der Waals surface area contributed by atoms with Crippen LogP contribution in [-0.2, 0) is 9.59 Å². The minimum atomic E-state index is -0.672. The molecule has 2 N–H and O–H groups in total. The molecule has 0 aliphatic rings. The molecule has 0 aromatic rings. The Labute approximate surface area is 272 Å². The van der Waals surface area contributed by atoms with Gasteiger partial charge in [0.15, 0.2) is 0 Å². The fourth-order valence-corrected chi connectivity index (χ4v) is 5.44. The van der Waals surface area contributed by atoms with Crippen molar-refractivity contribution in [1.29, 1.82) is 0 Å². The van der Waals surface area contributed by atoms with Gasteiger partial charge in [-0.15, -0.1) is 0 Å². The molecule has 0 heterocycles. The Morgan fingerprint density at radius 3 is 0.727 bits per heavy atom. The topological polar surface area (TPSA) is 74.6 Å². The maximum atomic E-state index is 10.5. The molecule has 44 heavy (non-hydrogen) atoms. The first kappa shape index (κ1) is 41.9. The number of aliphatic carboxylic acids is 2. The van der Waals surface area contributed by atoms with Crippen LogP contribution in [0.4, 0.5) is 0 Å². The second-order valence-electron chi connectivity index (χ2n) is 12.6. The number of hydrogen-bond acceptors (Lipinski definition) is 2. The van der Waals surface area contributed by atoms with Gasteiger partial charge in [-0.3, -0.25) is 9.59 Å². The second kappa shape index (κ2) is 37.1. The van der Waals surface area contributed by atoms with Crippen molar-refractivity contribution in [2.75, 3.05) is 0 Å². The lowest BCUT2D eigenvalue weighted by atomic mass is 10.0. The third-order valence-electron chi connectivity index (χ3n) is 8.23. The minimum Gasteiger partial charge on any atom is -0.481 e. The van der Waals surface area contributed by atoms with Gasteiger partial charge in [0.2, 0.25) is 0 Å². The van der Waals surface area contributed by atoms with Crippen LogP contribution in [0.3, 0.4) is 0 Å². The Kier molecular flexibility index (Phi) is 35.3. The standard InChI is InChI=1S/C40H70O4/c41-39(42)37-35-33-31-29-27-25-23-21-19-17-15-13-11-9-7-5-3-1-2-4-6-8-10-12-14-16-18-20-22-24-26-28-30-32-34-36-38-40(43)44/h15-18,21-24H,1-14,19-20,25-38H2,(H,41,42)(H,43,44). The molecular weight excluding hydrogens is 544 g/mol. The molecule has 0 radical (unpaired) electrons. The zero-order chi connectivity index (χ0) is 32.0. The van der Waals surface area contributed by atoms with Crippen molar-refractivity contribution in [3.63, 3.8) is 0 Å². The van der Waals surface area contributed by atoms with E-state index < -0.39 is 11.9 Å². The van der Waals surface area contributed by atoms with E-state index in [-0.39, 0.29) is 0 Å². The van der Waals surface area contributed by atoms with Crippen LogP contribution in [0.15, 0.2) is 48.6 Å². The highest BCUT2D eigenvalue weighted by atomic mass is 16.4. The van der Waals surface area contributed by atoms with Gasteiger partial charge in [0.1, 0.15) is 0 Å². The molecule has 0 amide bonds. The predicted molar refractivity (Wildman–Crippen MR) is 190 cm³/mol. The molecule has 0 bridgehead atoms. The first-order valence-corrected chi connectivity index (χ1v) is 18.7. The van der Waals surface area contributed by atoms with E-state index in [1.165, 1.54) is 116 Å². The van der Waals surface area contributed by atoms with Crippen LogP contribution in [0, 0.1) is 0 Å². The fourth-order valence-electron chi connectivity index (χ4n) is 5.44. The lowest BCUT2D eigenvalue weighted by molar-refractivity contribution is -0.138. The third kappa shape index (κ3) is 39.9. The van der Waals surface area contributed by atoms with Gasteiger partial charge in [0.05, 0.1) is 0 Å². The highest BCUT2D eigenvalue weighted by molar-refractivity contribution is 5.66. The van der Waals surface area contributed by atoms with Gasteiger partial charge >= 0.3 is 11.9 Å². The van der Waals surface area contributed by atoms with Crippen LogP contribution in [0.25, 0.3) is 0 Å². The van der Waals surface area contributed by atoms with E-state index in [1.807, 2.05) is 0 Å². The average molecular weight is 615 g/mol. The molecule has 0 atom stereocenters. The van der Waals surface area contributed by atoms with Crippen molar-refractivity contribution < 1.29 is 19.8 Å². The number of carbonyl (C=O) groups is 2. The maximum absolute atomic E-state index is 10.5. The van der Waals surface area contributed by atoms with E-state index in [0.29, 0.717) is 12.8 Å². The van der Waals surface area contributed by atoms with Gasteiger partial charge in [-0.05, 0) is 77.0 Å². The van der Waals surface area contributed by atoms with Crippen LogP contribution >= 0.6 is 0 Å². The van der Waals surface area contributed by atoms with Gasteiger partial charge < -0.3 is 10.2 Å². The van der Waals surface area contributed by atoms with E-state index in [1.54, 1.807) is 0 Å². The summed E-state index contributed by atoms with van der Waals surface area (Å²) in [5.41, 5.74) is 0. The van der Waals surface area contributed by atoms with Crippen LogP contribution in [-0.4, -0.2) is 22.2 Å². The van der Waals surface area contributed by atoms with Crippen molar-refractivity contribution >= 4 is 11.9 Å². The number of rotatable bonds is 35. The first-order valence-electron chi connectivity index (χ1n) is 18.7. The molecule has 4 nitrogen and oxygen atoms in total. The lowest BCUT2D eigenvalue weighted by Gasteiger charge is -2.02. The van der Waals surface area contributed by atoms with E-state index in [9.17, 15) is 9.59 Å². The lowest BCUT2D eigenvalue weighted by Crippen LogP contribution is -1.93. The molecule has 0 fully saturated rings. The molecular formula is C40H70O4. The highest BCUT2D eigenvalue weighted by Gasteiger charge is 1.97. The second-order valence-corrected chi connectivity index (χ2v) is 12.6. The van der Waals surface area contributed by atoms with Crippen LogP contribution in [0.2, 0.25) is 0 Å². The fraction of sp³-hybridized carbons (Fsp3) is 0.750. The van der Waals surface area contributed by atoms with Gasteiger partial charge in [0.25, 0.3) is 0 Å². The molecule has 254 valence electrons. The molecule has 0 aromatic carbocycles. The zero-order valence-corrected chi connectivity index (χ0v) is 28.5. The zero-order valence-electron chi connectivity index (χ0n) is 28.5. The summed E-state index contributed by atoms with van der Waals surface area (Å²) < 4.78 is 0. The first-order chi connectivity index (χ1) is 21.6. The smallest absolute Gasteiger partial charge is 0.303 e. The van der Waals surface area contributed by atoms with Crippen LogP contribution in [0.5, 0.6) is 0 Å². The summed E-state index contributed by atoms with van der Waals surface area (Å²) >= 11 is 0. The Morgan fingerprint density at radius 2 is 0.500 bits per heavy atom. The van der Waals surface area contributed by atoms with E-state index in [0.717, 1.165) is 64.2 Å². The Bertz CT molecular complexity index is 672. The summed E-state index contributed by atoms with van der Waals surface area (Å²) in [6.07, 6.45) is 53.5. The summed E-state index contributed by atoms with van der Waals surface area (Å²) in [4.78, 5) is 20.9. The summed E-state index contributed by atoms with van der Waals surface area (Å²) in [5.74, 6) is -1.34. The molecule has 0 rings (SSSR count). The number of carboxylic acids is 2. The van der Waals surface area contributed by atoms with Crippen molar-refractivity contribution in [2.45, 2.75) is 193 Å². The summed E-state index contributed by atoms with van der Waals surface area (Å²) in [7, 11) is 0. The average Bonchev–Trinajstić information content (AvgIpc) is 3.00. The van der Waals surface area contributed by atoms with E-state index in [4.69, 9.17) is 10.2 Å². The van der Waals surface area contributed by atoms with Crippen LogP contribution < -0.4 is 0 Å². The molecule has 0 aliphatic heterocycles. The van der Waals surface area contributed by atoms with Gasteiger partial charge in [-0.2, -0.15) is 0 Å². The summed E-state index contributed by atoms with van der Waals surface area (Å²) in [5, 5.41) is 17.2. The molecule has 0 spiro atoms. The Morgan fingerprint density at radius 1 is 0.295 bits per heavy atom. The van der Waals surface area contributed by atoms with Crippen LogP contribution in [0.1, 0.15) is 193 Å². The normalized spacial score (nSPS) is 12.1. The molecule has 0 saturated carbocycles. The quantitative estimate of drug-likeness (QED) is 0.0550. The Hall–Kier alpha value is -2.10. The summed E-state index contributed by atoms with van der Waals surface area (Å²) in [6.45, 7) is 0. The van der Waals surface area contributed by atoms with Gasteiger partial charge in [0, 0.05) is 12.8 Å². The molecule has 4 heteroatoms. The number of allylic oxidation sites excluding steroid dienone is 8. The number of unbranched alkanes of at least 4 members (excludes halogenated alkanes) is 23.